The smallest absolute Gasteiger partial charge is 0.277 e. The van der Waals surface area contributed by atoms with E-state index in [1.54, 1.807) is 27.4 Å². The highest BCUT2D eigenvalue weighted by Gasteiger charge is 2.34. The molecule has 0 N–H and O–H groups in total. The number of carbonyl (C=O) groups is 1. The summed E-state index contributed by atoms with van der Waals surface area (Å²) in [5.41, 5.74) is 2.62. The summed E-state index contributed by atoms with van der Waals surface area (Å²) in [5.74, 6) is 2.49. The van der Waals surface area contributed by atoms with Gasteiger partial charge in [0, 0.05) is 5.56 Å². The van der Waals surface area contributed by atoms with E-state index < -0.39 is 0 Å². The number of carbonyl (C=O) groups excluding carboxylic acids is 1. The van der Waals surface area contributed by atoms with Crippen LogP contribution in [0.5, 0.6) is 17.2 Å². The maximum atomic E-state index is 12.8. The van der Waals surface area contributed by atoms with Crippen LogP contribution in [0.4, 0.5) is 0 Å². The highest BCUT2D eigenvalue weighted by Crippen LogP contribution is 2.39. The lowest BCUT2D eigenvalue weighted by atomic mass is 10.1. The van der Waals surface area contributed by atoms with Crippen LogP contribution < -0.4 is 14.2 Å². The number of benzene rings is 2. The molecule has 0 amide bonds. The van der Waals surface area contributed by atoms with Crippen molar-refractivity contribution in [3.8, 4) is 17.2 Å². The van der Waals surface area contributed by atoms with Gasteiger partial charge in [0.05, 0.1) is 33.0 Å². The molecule has 8 heteroatoms. The minimum absolute atomic E-state index is 0.0286. The zero-order chi connectivity index (χ0) is 20.4. The van der Waals surface area contributed by atoms with Gasteiger partial charge in [-0.1, -0.05) is 23.9 Å². The lowest BCUT2D eigenvalue weighted by Gasteiger charge is -2.09. The first-order chi connectivity index (χ1) is 14.1. The summed E-state index contributed by atoms with van der Waals surface area (Å²) in [6, 6.07) is 11.3. The van der Waals surface area contributed by atoms with Crippen LogP contribution in [-0.4, -0.2) is 42.6 Å². The van der Waals surface area contributed by atoms with Gasteiger partial charge in [0.15, 0.2) is 17.3 Å². The van der Waals surface area contributed by atoms with E-state index in [4.69, 9.17) is 18.6 Å². The molecule has 0 saturated carbocycles. The number of nitrogens with zero attached hydrogens (tertiary/aromatic N) is 2. The van der Waals surface area contributed by atoms with E-state index in [0.717, 1.165) is 16.9 Å². The van der Waals surface area contributed by atoms with Crippen molar-refractivity contribution in [1.29, 1.82) is 0 Å². The second-order valence-electron chi connectivity index (χ2n) is 6.53. The summed E-state index contributed by atoms with van der Waals surface area (Å²) < 4.78 is 21.6. The Kier molecular flexibility index (Phi) is 5.44. The van der Waals surface area contributed by atoms with Crippen LogP contribution in [0, 0.1) is 0 Å². The summed E-state index contributed by atoms with van der Waals surface area (Å²) in [6.45, 7) is 0. The molecular formula is C21H20N2O5S. The zero-order valence-electron chi connectivity index (χ0n) is 16.3. The van der Waals surface area contributed by atoms with Crippen LogP contribution in [0.15, 0.2) is 46.0 Å². The van der Waals surface area contributed by atoms with E-state index in [9.17, 15) is 4.79 Å². The zero-order valence-corrected chi connectivity index (χ0v) is 17.1. The molecule has 1 aliphatic rings. The maximum Gasteiger partial charge on any atom is 0.277 e. The molecule has 0 unspecified atom stereocenters. The molecule has 1 aliphatic carbocycles. The fourth-order valence-corrected chi connectivity index (χ4v) is 4.25. The van der Waals surface area contributed by atoms with Crippen LogP contribution in [0.3, 0.4) is 0 Å². The molecule has 29 heavy (non-hydrogen) atoms. The highest BCUT2D eigenvalue weighted by atomic mass is 32.2. The van der Waals surface area contributed by atoms with E-state index in [1.165, 1.54) is 11.8 Å². The lowest BCUT2D eigenvalue weighted by Crippen LogP contribution is -2.11. The van der Waals surface area contributed by atoms with Crippen LogP contribution in [0.2, 0.25) is 0 Å². The average molecular weight is 412 g/mol. The fraction of sp³-hybridized carbons (Fsp3) is 0.286. The third kappa shape index (κ3) is 3.93. The number of hydrogen-bond donors (Lipinski definition) is 0. The highest BCUT2D eigenvalue weighted by molar-refractivity contribution is 8.00. The van der Waals surface area contributed by atoms with E-state index in [2.05, 4.69) is 10.2 Å². The van der Waals surface area contributed by atoms with Gasteiger partial charge < -0.3 is 18.6 Å². The van der Waals surface area contributed by atoms with Gasteiger partial charge in [-0.15, -0.1) is 10.2 Å². The molecule has 1 aromatic heterocycles. The minimum atomic E-state index is -0.309. The van der Waals surface area contributed by atoms with Gasteiger partial charge in [0.25, 0.3) is 5.22 Å². The quantitative estimate of drug-likeness (QED) is 0.582. The third-order valence-electron chi connectivity index (χ3n) is 4.78. The second kappa shape index (κ2) is 8.16. The minimum Gasteiger partial charge on any atom is -0.497 e. The number of hydrogen-bond acceptors (Lipinski definition) is 8. The summed E-state index contributed by atoms with van der Waals surface area (Å²) in [7, 11) is 4.76. The Labute approximate surface area is 172 Å². The Bertz CT molecular complexity index is 1030. The van der Waals surface area contributed by atoms with Crippen molar-refractivity contribution >= 4 is 17.5 Å². The molecule has 0 saturated heterocycles. The normalized spacial score (nSPS) is 15.3. The molecule has 150 valence electrons. The predicted octanol–water partition coefficient (Wildman–Crippen LogP) is 3.59. The van der Waals surface area contributed by atoms with Crippen LogP contribution in [-0.2, 0) is 12.8 Å². The first-order valence-corrected chi connectivity index (χ1v) is 9.90. The number of fused-ring (bicyclic) bond motifs is 1. The maximum absolute atomic E-state index is 12.8. The summed E-state index contributed by atoms with van der Waals surface area (Å²) in [4.78, 5) is 12.8. The Morgan fingerprint density at radius 3 is 2.45 bits per heavy atom. The van der Waals surface area contributed by atoms with Crippen LogP contribution in [0.25, 0.3) is 0 Å². The molecule has 1 atom stereocenters. The first kappa shape index (κ1) is 19.3. The Balaban J connectivity index is 1.45. The number of aromatic nitrogens is 2. The van der Waals surface area contributed by atoms with Crippen molar-refractivity contribution in [3.05, 3.63) is 59.0 Å². The average Bonchev–Trinajstić information content (AvgIpc) is 3.31. The molecule has 0 radical (unpaired) electrons. The summed E-state index contributed by atoms with van der Waals surface area (Å²) >= 11 is 1.29. The standard InChI is InChI=1S/C21H20N2O5S/c1-25-14-6-4-12(5-7-14)8-19-22-23-21(28-19)29-18-10-13-9-16(26-2)17(27-3)11-15(13)20(18)24/h4-7,9,11,18H,8,10H2,1-3H3/t18-/m1/s1. The van der Waals surface area contributed by atoms with Crippen molar-refractivity contribution in [2.45, 2.75) is 23.3 Å². The second-order valence-corrected chi connectivity index (χ2v) is 7.68. The molecule has 0 aliphatic heterocycles. The number of rotatable bonds is 7. The number of methoxy groups -OCH3 is 3. The van der Waals surface area contributed by atoms with Gasteiger partial charge in [-0.05, 0) is 41.8 Å². The Morgan fingerprint density at radius 1 is 1.03 bits per heavy atom. The number of ketones is 1. The van der Waals surface area contributed by atoms with Gasteiger partial charge >= 0.3 is 0 Å². The molecular weight excluding hydrogens is 392 g/mol. The van der Waals surface area contributed by atoms with Crippen molar-refractivity contribution in [2.75, 3.05) is 21.3 Å². The van der Waals surface area contributed by atoms with Crippen molar-refractivity contribution < 1.29 is 23.4 Å². The van der Waals surface area contributed by atoms with Crippen LogP contribution in [0.1, 0.15) is 27.4 Å². The summed E-state index contributed by atoms with van der Waals surface area (Å²) in [5, 5.41) is 8.28. The van der Waals surface area contributed by atoms with Crippen molar-refractivity contribution in [1.82, 2.24) is 10.2 Å². The molecule has 3 aromatic rings. The number of ether oxygens (including phenoxy) is 3. The Morgan fingerprint density at radius 2 is 1.76 bits per heavy atom. The van der Waals surface area contributed by atoms with Gasteiger partial charge in [0.2, 0.25) is 5.89 Å². The van der Waals surface area contributed by atoms with Crippen molar-refractivity contribution in [2.24, 2.45) is 0 Å². The number of Topliss-reactive ketones (excluding diaryl/α,β-unsaturated/α-hetero) is 1. The first-order valence-electron chi connectivity index (χ1n) is 9.02. The van der Waals surface area contributed by atoms with E-state index in [-0.39, 0.29) is 11.0 Å². The molecule has 0 bridgehead atoms. The van der Waals surface area contributed by atoms with E-state index in [1.807, 2.05) is 30.3 Å². The van der Waals surface area contributed by atoms with E-state index in [0.29, 0.717) is 41.0 Å². The lowest BCUT2D eigenvalue weighted by molar-refractivity contribution is 0.0999. The van der Waals surface area contributed by atoms with Gasteiger partial charge in [-0.2, -0.15) is 0 Å². The SMILES string of the molecule is COc1ccc(Cc2nnc(S[C@@H]3Cc4cc(OC)c(OC)cc4C3=O)o2)cc1. The number of thioether (sulfide) groups is 1. The third-order valence-corrected chi connectivity index (χ3v) is 5.81. The topological polar surface area (TPSA) is 83.7 Å². The molecule has 7 nitrogen and oxygen atoms in total. The van der Waals surface area contributed by atoms with Gasteiger partial charge in [-0.3, -0.25) is 4.79 Å². The largest absolute Gasteiger partial charge is 0.497 e. The van der Waals surface area contributed by atoms with Gasteiger partial charge in [0.1, 0.15) is 5.75 Å². The molecule has 2 aromatic carbocycles. The van der Waals surface area contributed by atoms with E-state index >= 15 is 0 Å². The fourth-order valence-electron chi connectivity index (χ4n) is 3.28. The summed E-state index contributed by atoms with van der Waals surface area (Å²) in [6.07, 6.45) is 1.10. The molecule has 0 spiro atoms. The monoisotopic (exact) mass is 412 g/mol. The molecule has 1 heterocycles. The van der Waals surface area contributed by atoms with Crippen LogP contribution >= 0.6 is 11.8 Å². The van der Waals surface area contributed by atoms with Crippen molar-refractivity contribution in [3.63, 3.8) is 0 Å². The van der Waals surface area contributed by atoms with Gasteiger partial charge in [-0.25, -0.2) is 0 Å². The molecule has 0 fully saturated rings. The predicted molar refractivity (Wildman–Crippen MR) is 107 cm³/mol. The molecule has 4 rings (SSSR count). The Hall–Kier alpha value is -3.00.